The van der Waals surface area contributed by atoms with Crippen molar-refractivity contribution in [3.63, 3.8) is 0 Å². The molecule has 2 aromatic heterocycles. The smallest absolute Gasteiger partial charge is 0.225 e. The van der Waals surface area contributed by atoms with Crippen LogP contribution in [0.25, 0.3) is 10.2 Å². The van der Waals surface area contributed by atoms with Crippen molar-refractivity contribution in [3.05, 3.63) is 11.4 Å². The first kappa shape index (κ1) is 15.5. The third kappa shape index (κ3) is 3.85. The summed E-state index contributed by atoms with van der Waals surface area (Å²) < 4.78 is 1.15. The fourth-order valence-corrected chi connectivity index (χ4v) is 3.37. The lowest BCUT2D eigenvalue weighted by atomic mass is 10.1. The van der Waals surface area contributed by atoms with E-state index < -0.39 is 0 Å². The molecule has 0 aliphatic carbocycles. The van der Waals surface area contributed by atoms with E-state index >= 15 is 0 Å². The molecule has 1 fully saturated rings. The highest BCUT2D eigenvalue weighted by Crippen LogP contribution is 2.28. The van der Waals surface area contributed by atoms with E-state index in [1.807, 2.05) is 0 Å². The monoisotopic (exact) mass is 320 g/mol. The summed E-state index contributed by atoms with van der Waals surface area (Å²) in [7, 11) is 4.13. The quantitative estimate of drug-likeness (QED) is 0.755. The van der Waals surface area contributed by atoms with E-state index in [0.29, 0.717) is 12.0 Å². The van der Waals surface area contributed by atoms with Gasteiger partial charge in [0.2, 0.25) is 5.95 Å². The highest BCUT2D eigenvalue weighted by atomic mass is 32.1. The van der Waals surface area contributed by atoms with Gasteiger partial charge in [-0.05, 0) is 51.5 Å². The van der Waals surface area contributed by atoms with Crippen molar-refractivity contribution in [1.82, 2.24) is 20.2 Å². The van der Waals surface area contributed by atoms with Crippen molar-refractivity contribution >= 4 is 33.3 Å². The first-order chi connectivity index (χ1) is 10.7. The van der Waals surface area contributed by atoms with Crippen LogP contribution >= 0.6 is 11.3 Å². The Morgan fingerprint density at radius 3 is 2.91 bits per heavy atom. The lowest BCUT2D eigenvalue weighted by molar-refractivity contribution is 0.425. The summed E-state index contributed by atoms with van der Waals surface area (Å²) in [6.45, 7) is 3.95. The average Bonchev–Trinajstić information content (AvgIpc) is 2.96. The molecule has 7 heteroatoms. The predicted octanol–water partition coefficient (Wildman–Crippen LogP) is 1.83. The summed E-state index contributed by atoms with van der Waals surface area (Å²) in [5, 5.41) is 12.4. The van der Waals surface area contributed by atoms with Crippen LogP contribution in [0.3, 0.4) is 0 Å². The number of aromatic nitrogens is 2. The van der Waals surface area contributed by atoms with E-state index in [-0.39, 0.29) is 0 Å². The number of nitrogens with one attached hydrogen (secondary N) is 3. The van der Waals surface area contributed by atoms with E-state index in [1.165, 1.54) is 0 Å². The van der Waals surface area contributed by atoms with Crippen LogP contribution in [0, 0.1) is 0 Å². The van der Waals surface area contributed by atoms with Gasteiger partial charge in [0.25, 0.3) is 0 Å². The van der Waals surface area contributed by atoms with Crippen LogP contribution in [-0.2, 0) is 0 Å². The maximum Gasteiger partial charge on any atom is 0.225 e. The molecule has 0 amide bonds. The average molecular weight is 320 g/mol. The second kappa shape index (κ2) is 7.21. The maximum absolute atomic E-state index is 4.70. The molecular formula is C15H24N6S. The molecular weight excluding hydrogens is 296 g/mol. The summed E-state index contributed by atoms with van der Waals surface area (Å²) in [6.07, 6.45) is 2.28. The summed E-state index contributed by atoms with van der Waals surface area (Å²) in [5.41, 5.74) is 1.02. The van der Waals surface area contributed by atoms with Crippen LogP contribution in [-0.4, -0.2) is 61.2 Å². The number of fused-ring (bicyclic) bond motifs is 1. The molecule has 1 aliphatic heterocycles. The molecule has 0 atom stereocenters. The van der Waals surface area contributed by atoms with Crippen molar-refractivity contribution < 1.29 is 0 Å². The minimum absolute atomic E-state index is 0.496. The zero-order valence-corrected chi connectivity index (χ0v) is 14.0. The van der Waals surface area contributed by atoms with Gasteiger partial charge in [-0.25, -0.2) is 4.98 Å². The number of hydrogen-bond donors (Lipinski definition) is 3. The Morgan fingerprint density at radius 1 is 1.32 bits per heavy atom. The SMILES string of the molecule is CN(C)CCNc1nc(NC2CCNCC2)c2sccc2n1. The molecule has 6 nitrogen and oxygen atoms in total. The van der Waals surface area contributed by atoms with Crippen LogP contribution in [0.2, 0.25) is 0 Å². The first-order valence-corrected chi connectivity index (χ1v) is 8.71. The van der Waals surface area contributed by atoms with E-state index in [9.17, 15) is 0 Å². The molecule has 2 aromatic rings. The molecule has 0 bridgehead atoms. The number of piperidine rings is 1. The van der Waals surface area contributed by atoms with Gasteiger partial charge in [0.1, 0.15) is 5.82 Å². The third-order valence-electron chi connectivity index (χ3n) is 3.83. The van der Waals surface area contributed by atoms with Crippen molar-refractivity contribution in [2.75, 3.05) is 50.9 Å². The van der Waals surface area contributed by atoms with Crippen LogP contribution < -0.4 is 16.0 Å². The molecule has 3 heterocycles. The van der Waals surface area contributed by atoms with Crippen LogP contribution in [0.5, 0.6) is 0 Å². The van der Waals surface area contributed by atoms with Crippen molar-refractivity contribution in [1.29, 1.82) is 0 Å². The normalized spacial score (nSPS) is 16.3. The molecule has 0 unspecified atom stereocenters. The highest BCUT2D eigenvalue weighted by molar-refractivity contribution is 7.17. The molecule has 0 spiro atoms. The second-order valence-corrected chi connectivity index (χ2v) is 6.85. The van der Waals surface area contributed by atoms with E-state index in [4.69, 9.17) is 4.98 Å². The molecule has 3 rings (SSSR count). The molecule has 0 aromatic carbocycles. The minimum Gasteiger partial charge on any atom is -0.366 e. The van der Waals surface area contributed by atoms with Gasteiger partial charge in [0, 0.05) is 19.1 Å². The number of thiophene rings is 1. The molecule has 0 saturated carbocycles. The first-order valence-electron chi connectivity index (χ1n) is 7.83. The van der Waals surface area contributed by atoms with Gasteiger partial charge in [-0.15, -0.1) is 11.3 Å². The molecule has 1 saturated heterocycles. The van der Waals surface area contributed by atoms with Crippen molar-refractivity contribution in [3.8, 4) is 0 Å². The van der Waals surface area contributed by atoms with Crippen molar-refractivity contribution in [2.45, 2.75) is 18.9 Å². The molecule has 0 radical (unpaired) electrons. The number of likely N-dealkylation sites (N-methyl/N-ethyl adjacent to an activating group) is 1. The van der Waals surface area contributed by atoms with Crippen LogP contribution in [0.15, 0.2) is 11.4 Å². The predicted molar refractivity (Wildman–Crippen MR) is 94.0 cm³/mol. The molecule has 1 aliphatic rings. The van der Waals surface area contributed by atoms with Gasteiger partial charge in [-0.2, -0.15) is 4.98 Å². The zero-order chi connectivity index (χ0) is 15.4. The molecule has 3 N–H and O–H groups in total. The van der Waals surface area contributed by atoms with Crippen LogP contribution in [0.1, 0.15) is 12.8 Å². The van der Waals surface area contributed by atoms with Gasteiger partial charge < -0.3 is 20.9 Å². The van der Waals surface area contributed by atoms with Gasteiger partial charge in [-0.1, -0.05) is 0 Å². The van der Waals surface area contributed by atoms with Gasteiger partial charge in [0.05, 0.1) is 10.2 Å². The third-order valence-corrected chi connectivity index (χ3v) is 4.74. The topological polar surface area (TPSA) is 65.1 Å². The lowest BCUT2D eigenvalue weighted by Crippen LogP contribution is -2.35. The van der Waals surface area contributed by atoms with Gasteiger partial charge in [0.15, 0.2) is 0 Å². The highest BCUT2D eigenvalue weighted by Gasteiger charge is 2.16. The summed E-state index contributed by atoms with van der Waals surface area (Å²) >= 11 is 1.70. The number of anilines is 2. The Kier molecular flexibility index (Phi) is 5.07. The summed E-state index contributed by atoms with van der Waals surface area (Å²) in [4.78, 5) is 11.4. The van der Waals surface area contributed by atoms with Gasteiger partial charge >= 0.3 is 0 Å². The van der Waals surface area contributed by atoms with Gasteiger partial charge in [-0.3, -0.25) is 0 Å². The fourth-order valence-electron chi connectivity index (χ4n) is 2.59. The standard InChI is InChI=1S/C15H24N6S/c1-21(2)9-8-17-15-19-12-5-10-22-13(12)14(20-15)18-11-3-6-16-7-4-11/h5,10-11,16H,3-4,6-9H2,1-2H3,(H2,17,18,19,20). The van der Waals surface area contributed by atoms with Crippen molar-refractivity contribution in [2.24, 2.45) is 0 Å². The Balaban J connectivity index is 1.76. The van der Waals surface area contributed by atoms with E-state index in [1.54, 1.807) is 11.3 Å². The maximum atomic E-state index is 4.70. The number of hydrogen-bond acceptors (Lipinski definition) is 7. The van der Waals surface area contributed by atoms with Crippen LogP contribution in [0.4, 0.5) is 11.8 Å². The Bertz CT molecular complexity index is 605. The van der Waals surface area contributed by atoms with E-state index in [2.05, 4.69) is 51.4 Å². The second-order valence-electron chi connectivity index (χ2n) is 5.93. The zero-order valence-electron chi connectivity index (χ0n) is 13.2. The largest absolute Gasteiger partial charge is 0.366 e. The summed E-state index contributed by atoms with van der Waals surface area (Å²) in [5.74, 6) is 1.68. The van der Waals surface area contributed by atoms with E-state index in [0.717, 1.165) is 55.1 Å². The Labute approximate surface area is 135 Å². The Hall–Kier alpha value is -1.44. The Morgan fingerprint density at radius 2 is 2.14 bits per heavy atom. The molecule has 120 valence electrons. The number of rotatable bonds is 6. The summed E-state index contributed by atoms with van der Waals surface area (Å²) in [6, 6.07) is 2.56. The molecule has 22 heavy (non-hydrogen) atoms. The minimum atomic E-state index is 0.496. The lowest BCUT2D eigenvalue weighted by Gasteiger charge is -2.24. The number of nitrogens with zero attached hydrogens (tertiary/aromatic N) is 3. The fraction of sp³-hybridized carbons (Fsp3) is 0.600.